The van der Waals surface area contributed by atoms with Crippen LogP contribution in [0.15, 0.2) is 22.7 Å². The van der Waals surface area contributed by atoms with Gasteiger partial charge in [0.25, 0.3) is 5.92 Å². The molecular weight excluding hydrogens is 452 g/mol. The fourth-order valence-electron chi connectivity index (χ4n) is 1.98. The van der Waals surface area contributed by atoms with Crippen molar-refractivity contribution < 1.29 is 17.8 Å². The quantitative estimate of drug-likeness (QED) is 0.375. The van der Waals surface area contributed by atoms with E-state index >= 15 is 0 Å². The van der Waals surface area contributed by atoms with Gasteiger partial charge in [-0.15, -0.1) is 4.72 Å². The molecule has 1 rings (SSSR count). The van der Waals surface area contributed by atoms with Crippen LogP contribution in [-0.2, 0) is 28.3 Å². The van der Waals surface area contributed by atoms with E-state index in [1.54, 1.807) is 32.9 Å². The van der Waals surface area contributed by atoms with Gasteiger partial charge in [0.1, 0.15) is 11.3 Å². The first kappa shape index (κ1) is 25.0. The Morgan fingerprint density at radius 1 is 1.15 bits per heavy atom. The molecule has 8 heteroatoms. The van der Waals surface area contributed by atoms with Crippen LogP contribution in [0.3, 0.4) is 0 Å². The van der Waals surface area contributed by atoms with Crippen molar-refractivity contribution in [3.8, 4) is 0 Å². The molecule has 1 N–H and O–H groups in total. The highest BCUT2D eigenvalue weighted by Gasteiger charge is 2.40. The summed E-state index contributed by atoms with van der Waals surface area (Å²) in [5.41, 5.74) is 0.352. The molecule has 1 atom stereocenters. The molecule has 0 aromatic heterocycles. The van der Waals surface area contributed by atoms with Crippen molar-refractivity contribution in [2.24, 2.45) is 0 Å². The lowest BCUT2D eigenvalue weighted by atomic mass is 10.0. The van der Waals surface area contributed by atoms with Gasteiger partial charge < -0.3 is 8.98 Å². The fraction of sp³-hybridized carbons (Fsp3) is 0.684. The Labute approximate surface area is 175 Å². The standard InChI is InChI=1S/C19H32BrF2NO2SSi/c1-17(2,3)26(24)23-13-19(21,22)16-10-9-15(20)11-14(16)12-25-27(7,8)18(4,5)6/h9-11,23H,12-13H2,1-8H3. The van der Waals surface area contributed by atoms with Crippen LogP contribution >= 0.6 is 15.9 Å². The van der Waals surface area contributed by atoms with Gasteiger partial charge in [-0.1, -0.05) is 42.8 Å². The van der Waals surface area contributed by atoms with Crippen LogP contribution in [0.4, 0.5) is 8.78 Å². The molecule has 0 saturated heterocycles. The van der Waals surface area contributed by atoms with Gasteiger partial charge in [0.05, 0.1) is 6.61 Å². The zero-order valence-electron chi connectivity index (χ0n) is 17.5. The molecular formula is C19H32BrF2NO2SSi. The molecule has 0 spiro atoms. The van der Waals surface area contributed by atoms with E-state index in [1.165, 1.54) is 6.07 Å². The molecule has 0 saturated carbocycles. The van der Waals surface area contributed by atoms with Crippen LogP contribution < -0.4 is 4.72 Å². The van der Waals surface area contributed by atoms with Gasteiger partial charge in [0.2, 0.25) is 0 Å². The summed E-state index contributed by atoms with van der Waals surface area (Å²) in [6.07, 6.45) is 0. The summed E-state index contributed by atoms with van der Waals surface area (Å²) in [6.45, 7) is 15.2. The summed E-state index contributed by atoms with van der Waals surface area (Å²) < 4.78 is 50.6. The monoisotopic (exact) mass is 483 g/mol. The molecule has 0 aliphatic rings. The van der Waals surface area contributed by atoms with Gasteiger partial charge in [0, 0.05) is 21.4 Å². The molecule has 1 aromatic carbocycles. The van der Waals surface area contributed by atoms with Crippen LogP contribution in [0, 0.1) is 0 Å². The zero-order valence-corrected chi connectivity index (χ0v) is 20.9. The number of alkyl halides is 2. The van der Waals surface area contributed by atoms with E-state index in [0.717, 1.165) is 4.47 Å². The van der Waals surface area contributed by atoms with Crippen LogP contribution in [-0.4, -0.2) is 24.2 Å². The van der Waals surface area contributed by atoms with Gasteiger partial charge in [-0.05, 0) is 56.6 Å². The number of hydrogen-bond donors (Lipinski definition) is 1. The summed E-state index contributed by atoms with van der Waals surface area (Å²) in [4.78, 5) is 0. The van der Waals surface area contributed by atoms with Crippen LogP contribution in [0.5, 0.6) is 0 Å². The molecule has 0 heterocycles. The molecule has 1 unspecified atom stereocenters. The number of nitrogens with one attached hydrogen (secondary N) is 1. The summed E-state index contributed by atoms with van der Waals surface area (Å²) in [7, 11) is -2.07. The lowest BCUT2D eigenvalue weighted by Gasteiger charge is -2.36. The van der Waals surface area contributed by atoms with Crippen molar-refractivity contribution in [2.45, 2.75) is 77.0 Å². The lowest BCUT2D eigenvalue weighted by molar-refractivity contribution is 0.000185. The highest BCUT2D eigenvalue weighted by Crippen LogP contribution is 2.38. The number of rotatable bonds is 7. The van der Waals surface area contributed by atoms with Crippen molar-refractivity contribution in [1.82, 2.24) is 4.72 Å². The molecule has 0 fully saturated rings. The maximum absolute atomic E-state index is 14.9. The number of benzene rings is 1. The average molecular weight is 485 g/mol. The molecule has 156 valence electrons. The lowest BCUT2D eigenvalue weighted by Crippen LogP contribution is -2.44. The molecule has 1 aromatic rings. The summed E-state index contributed by atoms with van der Waals surface area (Å²) in [5, 5.41) is -0.00709. The first-order valence-electron chi connectivity index (χ1n) is 8.93. The van der Waals surface area contributed by atoms with E-state index < -0.39 is 36.9 Å². The minimum atomic E-state index is -3.16. The molecule has 27 heavy (non-hydrogen) atoms. The van der Waals surface area contributed by atoms with Crippen LogP contribution in [0.2, 0.25) is 18.1 Å². The van der Waals surface area contributed by atoms with Crippen molar-refractivity contribution in [2.75, 3.05) is 6.54 Å². The Morgan fingerprint density at radius 2 is 1.70 bits per heavy atom. The van der Waals surface area contributed by atoms with Gasteiger partial charge >= 0.3 is 0 Å². The largest absolute Gasteiger partial charge is 0.598 e. The third-order valence-corrected chi connectivity index (χ3v) is 11.3. The second-order valence-corrected chi connectivity index (χ2v) is 17.0. The summed E-state index contributed by atoms with van der Waals surface area (Å²) >= 11 is 1.80. The van der Waals surface area contributed by atoms with Crippen molar-refractivity contribution >= 4 is 35.6 Å². The highest BCUT2D eigenvalue weighted by atomic mass is 79.9. The maximum Gasteiger partial charge on any atom is 0.290 e. The minimum Gasteiger partial charge on any atom is -0.598 e. The van der Waals surface area contributed by atoms with Gasteiger partial charge in [-0.25, -0.2) is 0 Å². The third kappa shape index (κ3) is 7.08. The predicted octanol–water partition coefficient (Wildman–Crippen LogP) is 6.11. The highest BCUT2D eigenvalue weighted by molar-refractivity contribution is 9.10. The van der Waals surface area contributed by atoms with E-state index in [4.69, 9.17) is 4.43 Å². The van der Waals surface area contributed by atoms with Gasteiger partial charge in [-0.3, -0.25) is 0 Å². The first-order chi connectivity index (χ1) is 12.0. The summed E-state index contributed by atoms with van der Waals surface area (Å²) in [6, 6.07) is 4.69. The molecule has 0 aliphatic heterocycles. The topological polar surface area (TPSA) is 44.3 Å². The Hall–Kier alpha value is 0.00688. The van der Waals surface area contributed by atoms with Crippen molar-refractivity contribution in [3.05, 3.63) is 33.8 Å². The Morgan fingerprint density at radius 3 is 2.19 bits per heavy atom. The molecule has 0 radical (unpaired) electrons. The van der Waals surface area contributed by atoms with E-state index in [0.29, 0.717) is 5.56 Å². The number of halogens is 3. The smallest absolute Gasteiger partial charge is 0.290 e. The maximum atomic E-state index is 14.9. The Bertz CT molecular complexity index is 646. The van der Waals surface area contributed by atoms with E-state index in [-0.39, 0.29) is 17.2 Å². The van der Waals surface area contributed by atoms with E-state index in [1.807, 2.05) is 0 Å². The summed E-state index contributed by atoms with van der Waals surface area (Å²) in [5.74, 6) is -3.16. The molecule has 0 amide bonds. The second-order valence-electron chi connectivity index (χ2n) is 9.26. The Kier molecular flexibility index (Phi) is 8.16. The van der Waals surface area contributed by atoms with Crippen molar-refractivity contribution in [1.29, 1.82) is 0 Å². The zero-order chi connectivity index (χ0) is 21.3. The van der Waals surface area contributed by atoms with E-state index in [2.05, 4.69) is 54.5 Å². The van der Waals surface area contributed by atoms with Gasteiger partial charge in [0.15, 0.2) is 8.32 Å². The van der Waals surface area contributed by atoms with Crippen LogP contribution in [0.1, 0.15) is 52.7 Å². The van der Waals surface area contributed by atoms with Crippen molar-refractivity contribution in [3.63, 3.8) is 0 Å². The fourth-order valence-corrected chi connectivity index (χ4v) is 4.08. The molecule has 0 bridgehead atoms. The second kappa shape index (κ2) is 8.79. The van der Waals surface area contributed by atoms with E-state index in [9.17, 15) is 13.3 Å². The first-order valence-corrected chi connectivity index (χ1v) is 13.8. The average Bonchev–Trinajstić information content (AvgIpc) is 2.48. The minimum absolute atomic E-state index is 0.00709. The SMILES string of the molecule is CC(C)(C)[S+]([O-])NCC(F)(F)c1ccc(Br)cc1CO[Si](C)(C)C(C)(C)C. The molecule has 3 nitrogen and oxygen atoms in total. The normalized spacial score (nSPS) is 15.1. The van der Waals surface area contributed by atoms with Gasteiger partial charge in [-0.2, -0.15) is 8.78 Å². The Balaban J connectivity index is 3.04. The molecule has 0 aliphatic carbocycles. The number of hydrogen-bond acceptors (Lipinski definition) is 3. The van der Waals surface area contributed by atoms with Crippen LogP contribution in [0.25, 0.3) is 0 Å². The third-order valence-electron chi connectivity index (χ3n) is 4.84. The predicted molar refractivity (Wildman–Crippen MR) is 116 cm³/mol.